The predicted octanol–water partition coefficient (Wildman–Crippen LogP) is 4.79. The molecule has 2 heteroatoms. The minimum absolute atomic E-state index is 0.413. The molecule has 3 aromatic rings. The smallest absolute Gasteiger partial charge is 0.0386 e. The van der Waals surface area contributed by atoms with Crippen molar-refractivity contribution in [3.05, 3.63) is 71.1 Å². The van der Waals surface area contributed by atoms with Crippen molar-refractivity contribution in [1.29, 1.82) is 0 Å². The van der Waals surface area contributed by atoms with E-state index < -0.39 is 0 Å². The number of hydrogen-bond donors (Lipinski definition) is 1. The Kier molecular flexibility index (Phi) is 4.14. The summed E-state index contributed by atoms with van der Waals surface area (Å²) in [5.74, 6) is 0. The third-order valence-corrected chi connectivity index (χ3v) is 4.88. The molecule has 1 nitrogen and oxygen atoms in total. The molecule has 0 saturated heterocycles. The van der Waals surface area contributed by atoms with Crippen LogP contribution in [-0.2, 0) is 6.42 Å². The Morgan fingerprint density at radius 3 is 2.55 bits per heavy atom. The van der Waals surface area contributed by atoms with Gasteiger partial charge in [-0.1, -0.05) is 48.5 Å². The Balaban J connectivity index is 1.60. The van der Waals surface area contributed by atoms with Gasteiger partial charge < -0.3 is 5.32 Å². The summed E-state index contributed by atoms with van der Waals surface area (Å²) in [6.45, 7) is 3.26. The maximum Gasteiger partial charge on any atom is 0.0386 e. The van der Waals surface area contributed by atoms with Crippen LogP contribution in [0.5, 0.6) is 0 Å². The highest BCUT2D eigenvalue weighted by molar-refractivity contribution is 7.19. The van der Waals surface area contributed by atoms with Gasteiger partial charge in [-0.05, 0) is 43.0 Å². The minimum atomic E-state index is 0.413. The van der Waals surface area contributed by atoms with Crippen LogP contribution < -0.4 is 5.32 Å². The molecule has 0 bridgehead atoms. The van der Waals surface area contributed by atoms with E-state index in [1.807, 2.05) is 11.3 Å². The molecule has 2 aromatic carbocycles. The first-order valence-corrected chi connectivity index (χ1v) is 7.90. The summed E-state index contributed by atoms with van der Waals surface area (Å²) in [4.78, 5) is 1.42. The first kappa shape index (κ1) is 13.3. The molecule has 20 heavy (non-hydrogen) atoms. The molecule has 1 aromatic heterocycles. The van der Waals surface area contributed by atoms with Gasteiger partial charge >= 0.3 is 0 Å². The van der Waals surface area contributed by atoms with E-state index in [4.69, 9.17) is 0 Å². The fourth-order valence-corrected chi connectivity index (χ4v) is 3.49. The van der Waals surface area contributed by atoms with Gasteiger partial charge in [0.15, 0.2) is 0 Å². The van der Waals surface area contributed by atoms with Gasteiger partial charge in [-0.3, -0.25) is 0 Å². The van der Waals surface area contributed by atoms with Crippen molar-refractivity contribution in [2.24, 2.45) is 0 Å². The largest absolute Gasteiger partial charge is 0.309 e. The SMILES string of the molecule is CC(NCCc1ccccc1)c1cc2ccccc2s1. The van der Waals surface area contributed by atoms with Crippen molar-refractivity contribution in [3.8, 4) is 0 Å². The first-order valence-electron chi connectivity index (χ1n) is 7.09. The van der Waals surface area contributed by atoms with Crippen LogP contribution in [0.3, 0.4) is 0 Å². The van der Waals surface area contributed by atoms with Crippen molar-refractivity contribution >= 4 is 21.4 Å². The van der Waals surface area contributed by atoms with Gasteiger partial charge in [0.25, 0.3) is 0 Å². The van der Waals surface area contributed by atoms with Gasteiger partial charge in [-0.15, -0.1) is 11.3 Å². The summed E-state index contributed by atoms with van der Waals surface area (Å²) in [5.41, 5.74) is 1.39. The summed E-state index contributed by atoms with van der Waals surface area (Å²) in [6, 6.07) is 22.0. The number of rotatable bonds is 5. The molecule has 0 spiro atoms. The normalized spacial score (nSPS) is 12.7. The van der Waals surface area contributed by atoms with Crippen molar-refractivity contribution in [3.63, 3.8) is 0 Å². The van der Waals surface area contributed by atoms with Crippen LogP contribution in [0.25, 0.3) is 10.1 Å². The molecule has 0 fully saturated rings. The third kappa shape index (κ3) is 3.09. The Morgan fingerprint density at radius 2 is 1.75 bits per heavy atom. The highest BCUT2D eigenvalue weighted by Gasteiger charge is 2.08. The van der Waals surface area contributed by atoms with E-state index >= 15 is 0 Å². The lowest BCUT2D eigenvalue weighted by atomic mass is 10.1. The van der Waals surface area contributed by atoms with Crippen molar-refractivity contribution in [1.82, 2.24) is 5.32 Å². The van der Waals surface area contributed by atoms with Crippen LogP contribution in [0.2, 0.25) is 0 Å². The summed E-state index contributed by atoms with van der Waals surface area (Å²) >= 11 is 1.89. The minimum Gasteiger partial charge on any atom is -0.309 e. The molecule has 0 aliphatic rings. The Morgan fingerprint density at radius 1 is 1.00 bits per heavy atom. The lowest BCUT2D eigenvalue weighted by Crippen LogP contribution is -2.20. The average molecular weight is 281 g/mol. The highest BCUT2D eigenvalue weighted by Crippen LogP contribution is 2.29. The van der Waals surface area contributed by atoms with Crippen LogP contribution in [0.1, 0.15) is 23.4 Å². The maximum absolute atomic E-state index is 3.62. The molecular weight excluding hydrogens is 262 g/mol. The van der Waals surface area contributed by atoms with Gasteiger partial charge in [0.05, 0.1) is 0 Å². The second-order valence-corrected chi connectivity index (χ2v) is 6.21. The summed E-state index contributed by atoms with van der Waals surface area (Å²) in [6.07, 6.45) is 1.08. The number of hydrogen-bond acceptors (Lipinski definition) is 2. The van der Waals surface area contributed by atoms with Crippen LogP contribution >= 0.6 is 11.3 Å². The zero-order valence-electron chi connectivity index (χ0n) is 11.7. The van der Waals surface area contributed by atoms with E-state index in [9.17, 15) is 0 Å². The molecule has 0 saturated carbocycles. The van der Waals surface area contributed by atoms with Crippen LogP contribution in [0.15, 0.2) is 60.7 Å². The second-order valence-electron chi connectivity index (χ2n) is 5.10. The number of fused-ring (bicyclic) bond motifs is 1. The molecule has 1 heterocycles. The monoisotopic (exact) mass is 281 g/mol. The number of nitrogens with one attached hydrogen (secondary N) is 1. The average Bonchev–Trinajstić information content (AvgIpc) is 2.92. The zero-order valence-corrected chi connectivity index (χ0v) is 12.5. The standard InChI is InChI=1S/C18H19NS/c1-14(19-12-11-15-7-3-2-4-8-15)18-13-16-9-5-6-10-17(16)20-18/h2-10,13-14,19H,11-12H2,1H3. The maximum atomic E-state index is 3.62. The van der Waals surface area contributed by atoms with E-state index in [2.05, 4.69) is 72.9 Å². The summed E-state index contributed by atoms with van der Waals surface area (Å²) in [7, 11) is 0. The molecule has 1 unspecified atom stereocenters. The van der Waals surface area contributed by atoms with E-state index in [1.165, 1.54) is 20.5 Å². The fourth-order valence-electron chi connectivity index (χ4n) is 2.39. The summed E-state index contributed by atoms with van der Waals surface area (Å²) in [5, 5.41) is 4.97. The second kappa shape index (κ2) is 6.21. The molecule has 102 valence electrons. The number of thiophene rings is 1. The van der Waals surface area contributed by atoms with Crippen molar-refractivity contribution in [2.45, 2.75) is 19.4 Å². The van der Waals surface area contributed by atoms with Gasteiger partial charge in [-0.25, -0.2) is 0 Å². The molecule has 0 amide bonds. The Hall–Kier alpha value is -1.64. The Labute approximate surface area is 124 Å². The molecule has 3 rings (SSSR count). The van der Waals surface area contributed by atoms with E-state index in [0.29, 0.717) is 6.04 Å². The molecule has 0 aliphatic heterocycles. The highest BCUT2D eigenvalue weighted by atomic mass is 32.1. The summed E-state index contributed by atoms with van der Waals surface area (Å²) < 4.78 is 1.37. The van der Waals surface area contributed by atoms with E-state index in [1.54, 1.807) is 0 Å². The quantitative estimate of drug-likeness (QED) is 0.708. The topological polar surface area (TPSA) is 12.0 Å². The molecular formula is C18H19NS. The molecule has 0 aliphatic carbocycles. The molecule has 1 N–H and O–H groups in total. The predicted molar refractivity (Wildman–Crippen MR) is 88.4 cm³/mol. The Bertz CT molecular complexity index is 639. The van der Waals surface area contributed by atoms with Gasteiger partial charge in [0.1, 0.15) is 0 Å². The lowest BCUT2D eigenvalue weighted by Gasteiger charge is -2.11. The van der Waals surface area contributed by atoms with E-state index in [-0.39, 0.29) is 0 Å². The van der Waals surface area contributed by atoms with E-state index in [0.717, 1.165) is 13.0 Å². The fraction of sp³-hybridized carbons (Fsp3) is 0.222. The first-order chi connectivity index (χ1) is 9.83. The van der Waals surface area contributed by atoms with Gasteiger partial charge in [0, 0.05) is 15.6 Å². The van der Waals surface area contributed by atoms with Gasteiger partial charge in [-0.2, -0.15) is 0 Å². The zero-order chi connectivity index (χ0) is 13.8. The lowest BCUT2D eigenvalue weighted by molar-refractivity contribution is 0.585. The van der Waals surface area contributed by atoms with Gasteiger partial charge in [0.2, 0.25) is 0 Å². The molecule has 0 radical (unpaired) electrons. The van der Waals surface area contributed by atoms with Crippen molar-refractivity contribution < 1.29 is 0 Å². The molecule has 1 atom stereocenters. The van der Waals surface area contributed by atoms with Crippen LogP contribution in [0.4, 0.5) is 0 Å². The van der Waals surface area contributed by atoms with Crippen LogP contribution in [-0.4, -0.2) is 6.54 Å². The van der Waals surface area contributed by atoms with Crippen LogP contribution in [0, 0.1) is 0 Å². The third-order valence-electron chi connectivity index (χ3n) is 3.58. The number of benzene rings is 2. The van der Waals surface area contributed by atoms with Crippen molar-refractivity contribution in [2.75, 3.05) is 6.54 Å².